The number of aromatic nitrogens is 2. The van der Waals surface area contributed by atoms with Gasteiger partial charge in [0.1, 0.15) is 5.82 Å². The molecule has 1 N–H and O–H groups in total. The molecule has 0 saturated heterocycles. The number of fused-ring (bicyclic) bond motifs is 1. The Hall–Kier alpha value is -2.31. The Morgan fingerprint density at radius 2 is 1.90 bits per heavy atom. The number of benzene rings is 1. The second kappa shape index (κ2) is 6.43. The van der Waals surface area contributed by atoms with Crippen LogP contribution >= 0.6 is 0 Å². The predicted molar refractivity (Wildman–Crippen MR) is 76.0 cm³/mol. The van der Waals surface area contributed by atoms with E-state index in [0.717, 1.165) is 12.1 Å². The van der Waals surface area contributed by atoms with Crippen molar-refractivity contribution in [3.63, 3.8) is 0 Å². The minimum atomic E-state index is -0.972. The number of anilines is 1. The molecular weight excluding hydrogens is 278 g/mol. The van der Waals surface area contributed by atoms with Gasteiger partial charge >= 0.3 is 0 Å². The number of amides is 1. The molecule has 0 aliphatic heterocycles. The summed E-state index contributed by atoms with van der Waals surface area (Å²) in [5.41, 5.74) is 0.521. The van der Waals surface area contributed by atoms with Crippen molar-refractivity contribution in [1.82, 2.24) is 15.3 Å². The van der Waals surface area contributed by atoms with Gasteiger partial charge in [0.2, 0.25) is 5.91 Å². The fraction of sp³-hybridized carbons (Fsp3) is 0.357. The molecule has 0 aliphatic rings. The third-order valence-corrected chi connectivity index (χ3v) is 2.99. The van der Waals surface area contributed by atoms with Crippen molar-refractivity contribution in [3.05, 3.63) is 30.0 Å². The zero-order valence-electron chi connectivity index (χ0n) is 11.9. The van der Waals surface area contributed by atoms with E-state index in [-0.39, 0.29) is 23.5 Å². The molecule has 21 heavy (non-hydrogen) atoms. The lowest BCUT2D eigenvalue weighted by atomic mass is 10.3. The standard InChI is InChI=1S/C14H16F2N4O/c1-3-17-14(21)8-20(4-2)13-7-18-11-5-9(15)10(16)6-12(11)19-13/h5-7H,3-4,8H2,1-2H3,(H,17,21). The van der Waals surface area contributed by atoms with Crippen LogP contribution in [0.15, 0.2) is 18.3 Å². The van der Waals surface area contributed by atoms with Crippen molar-refractivity contribution in [2.75, 3.05) is 24.5 Å². The Balaban J connectivity index is 2.31. The molecule has 2 aromatic rings. The highest BCUT2D eigenvalue weighted by Gasteiger charge is 2.13. The van der Waals surface area contributed by atoms with Crippen molar-refractivity contribution in [2.45, 2.75) is 13.8 Å². The number of rotatable bonds is 5. The van der Waals surface area contributed by atoms with Crippen LogP contribution in [-0.2, 0) is 4.79 Å². The molecule has 5 nitrogen and oxygen atoms in total. The van der Waals surface area contributed by atoms with Gasteiger partial charge in [0.05, 0.1) is 23.8 Å². The monoisotopic (exact) mass is 294 g/mol. The molecule has 7 heteroatoms. The zero-order chi connectivity index (χ0) is 15.4. The van der Waals surface area contributed by atoms with Gasteiger partial charge in [-0.3, -0.25) is 9.78 Å². The fourth-order valence-corrected chi connectivity index (χ4v) is 1.93. The number of likely N-dealkylation sites (N-methyl/N-ethyl adjacent to an activating group) is 2. The van der Waals surface area contributed by atoms with Crippen LogP contribution in [0.5, 0.6) is 0 Å². The molecule has 0 fully saturated rings. The van der Waals surface area contributed by atoms with Gasteiger partial charge < -0.3 is 10.2 Å². The maximum absolute atomic E-state index is 13.3. The van der Waals surface area contributed by atoms with Crippen LogP contribution in [0.2, 0.25) is 0 Å². The maximum Gasteiger partial charge on any atom is 0.239 e. The first-order chi connectivity index (χ1) is 10.0. The van der Waals surface area contributed by atoms with Gasteiger partial charge in [-0.2, -0.15) is 0 Å². The molecule has 0 bridgehead atoms. The quantitative estimate of drug-likeness (QED) is 0.914. The van der Waals surface area contributed by atoms with Gasteiger partial charge in [0.15, 0.2) is 11.6 Å². The molecule has 1 amide bonds. The number of halogens is 2. The van der Waals surface area contributed by atoms with Crippen LogP contribution in [0.25, 0.3) is 11.0 Å². The molecule has 0 radical (unpaired) electrons. The molecule has 1 heterocycles. The summed E-state index contributed by atoms with van der Waals surface area (Å²) in [5, 5.41) is 2.70. The molecule has 1 aromatic heterocycles. The number of hydrogen-bond donors (Lipinski definition) is 1. The summed E-state index contributed by atoms with van der Waals surface area (Å²) in [6.07, 6.45) is 1.45. The van der Waals surface area contributed by atoms with Crippen molar-refractivity contribution in [3.8, 4) is 0 Å². The largest absolute Gasteiger partial charge is 0.355 e. The highest BCUT2D eigenvalue weighted by Crippen LogP contribution is 2.18. The molecule has 0 spiro atoms. The first kappa shape index (κ1) is 15.1. The van der Waals surface area contributed by atoms with Gasteiger partial charge in [0.25, 0.3) is 0 Å². The molecule has 0 unspecified atom stereocenters. The first-order valence-electron chi connectivity index (χ1n) is 6.68. The van der Waals surface area contributed by atoms with E-state index >= 15 is 0 Å². The minimum absolute atomic E-state index is 0.133. The molecule has 1 aromatic carbocycles. The van der Waals surface area contributed by atoms with E-state index in [0.29, 0.717) is 18.9 Å². The smallest absolute Gasteiger partial charge is 0.239 e. The molecule has 112 valence electrons. The van der Waals surface area contributed by atoms with Gasteiger partial charge in [0, 0.05) is 25.2 Å². The summed E-state index contributed by atoms with van der Waals surface area (Å²) in [6, 6.07) is 2.00. The minimum Gasteiger partial charge on any atom is -0.355 e. The van der Waals surface area contributed by atoms with E-state index in [1.165, 1.54) is 6.20 Å². The molecular formula is C14H16F2N4O. The van der Waals surface area contributed by atoms with E-state index in [1.807, 2.05) is 13.8 Å². The van der Waals surface area contributed by atoms with Crippen molar-refractivity contribution in [1.29, 1.82) is 0 Å². The van der Waals surface area contributed by atoms with Crippen LogP contribution in [0.3, 0.4) is 0 Å². The van der Waals surface area contributed by atoms with Crippen molar-refractivity contribution < 1.29 is 13.6 Å². The summed E-state index contributed by atoms with van der Waals surface area (Å²) in [7, 11) is 0. The predicted octanol–water partition coefficient (Wildman–Crippen LogP) is 1.87. The van der Waals surface area contributed by atoms with Gasteiger partial charge in [-0.1, -0.05) is 0 Å². The first-order valence-corrected chi connectivity index (χ1v) is 6.68. The molecule has 2 rings (SSSR count). The summed E-state index contributed by atoms with van der Waals surface area (Å²) in [4.78, 5) is 21.6. The number of carbonyl (C=O) groups is 1. The normalized spacial score (nSPS) is 10.7. The number of nitrogens with zero attached hydrogens (tertiary/aromatic N) is 3. The SMILES string of the molecule is CCNC(=O)CN(CC)c1cnc2cc(F)c(F)cc2n1. The van der Waals surface area contributed by atoms with E-state index in [4.69, 9.17) is 0 Å². The number of hydrogen-bond acceptors (Lipinski definition) is 4. The van der Waals surface area contributed by atoms with Crippen LogP contribution < -0.4 is 10.2 Å². The summed E-state index contributed by atoms with van der Waals surface area (Å²) < 4.78 is 26.4. The van der Waals surface area contributed by atoms with Crippen LogP contribution in [-0.4, -0.2) is 35.5 Å². The lowest BCUT2D eigenvalue weighted by molar-refractivity contribution is -0.119. The van der Waals surface area contributed by atoms with Crippen molar-refractivity contribution in [2.24, 2.45) is 0 Å². The summed E-state index contributed by atoms with van der Waals surface area (Å²) >= 11 is 0. The van der Waals surface area contributed by atoms with Crippen LogP contribution in [0.4, 0.5) is 14.6 Å². The van der Waals surface area contributed by atoms with Gasteiger partial charge in [-0.05, 0) is 13.8 Å². The molecule has 0 atom stereocenters. The van der Waals surface area contributed by atoms with Crippen LogP contribution in [0, 0.1) is 11.6 Å². The average Bonchev–Trinajstić information content (AvgIpc) is 2.46. The zero-order valence-corrected chi connectivity index (χ0v) is 11.9. The topological polar surface area (TPSA) is 58.1 Å². The molecule has 0 aliphatic carbocycles. The second-order valence-electron chi connectivity index (χ2n) is 4.45. The third-order valence-electron chi connectivity index (χ3n) is 2.99. The Labute approximate surface area is 121 Å². The maximum atomic E-state index is 13.3. The van der Waals surface area contributed by atoms with E-state index in [1.54, 1.807) is 4.90 Å². The fourth-order valence-electron chi connectivity index (χ4n) is 1.93. The van der Waals surface area contributed by atoms with E-state index in [9.17, 15) is 13.6 Å². The Kier molecular flexibility index (Phi) is 4.62. The highest BCUT2D eigenvalue weighted by atomic mass is 19.2. The van der Waals surface area contributed by atoms with E-state index < -0.39 is 11.6 Å². The summed E-state index contributed by atoms with van der Waals surface area (Å²) in [5.74, 6) is -1.62. The van der Waals surface area contributed by atoms with Gasteiger partial charge in [-0.25, -0.2) is 13.8 Å². The van der Waals surface area contributed by atoms with Crippen LogP contribution in [0.1, 0.15) is 13.8 Å². The third kappa shape index (κ3) is 3.42. The summed E-state index contributed by atoms with van der Waals surface area (Å²) in [6.45, 7) is 4.93. The second-order valence-corrected chi connectivity index (χ2v) is 4.45. The van der Waals surface area contributed by atoms with Gasteiger partial charge in [-0.15, -0.1) is 0 Å². The number of nitrogens with one attached hydrogen (secondary N) is 1. The highest BCUT2D eigenvalue weighted by molar-refractivity contribution is 5.81. The van der Waals surface area contributed by atoms with E-state index in [2.05, 4.69) is 15.3 Å². The Morgan fingerprint density at radius 1 is 1.24 bits per heavy atom. The average molecular weight is 294 g/mol. The molecule has 0 saturated carbocycles. The lowest BCUT2D eigenvalue weighted by Crippen LogP contribution is -2.37. The Morgan fingerprint density at radius 3 is 2.52 bits per heavy atom. The Bertz CT molecular complexity index is 663. The lowest BCUT2D eigenvalue weighted by Gasteiger charge is -2.21. The van der Waals surface area contributed by atoms with Crippen molar-refractivity contribution >= 4 is 22.8 Å². The number of carbonyl (C=O) groups excluding carboxylic acids is 1.